The maximum absolute atomic E-state index is 11.0. The van der Waals surface area contributed by atoms with Crippen LogP contribution in [0.5, 0.6) is 0 Å². The van der Waals surface area contributed by atoms with Crippen LogP contribution in [0.3, 0.4) is 0 Å². The van der Waals surface area contributed by atoms with Gasteiger partial charge in [-0.3, -0.25) is 4.79 Å². The van der Waals surface area contributed by atoms with Gasteiger partial charge in [-0.05, 0) is 29.5 Å². The lowest BCUT2D eigenvalue weighted by Crippen LogP contribution is -2.34. The summed E-state index contributed by atoms with van der Waals surface area (Å²) in [7, 11) is 0. The monoisotopic (exact) mass is 311 g/mol. The van der Waals surface area contributed by atoms with Gasteiger partial charge in [0.1, 0.15) is 0 Å². The average molecular weight is 312 g/mol. The molecule has 0 fully saturated rings. The van der Waals surface area contributed by atoms with Crippen molar-refractivity contribution in [2.75, 3.05) is 6.54 Å². The van der Waals surface area contributed by atoms with E-state index in [1.165, 1.54) is 16.7 Å². The summed E-state index contributed by atoms with van der Waals surface area (Å²) in [6, 6.07) is 6.62. The van der Waals surface area contributed by atoms with E-state index in [4.69, 9.17) is 0 Å². The summed E-state index contributed by atoms with van der Waals surface area (Å²) in [4.78, 5) is 10.8. The molecule has 0 atom stereocenters. The zero-order valence-electron chi connectivity index (χ0n) is 11.8. The molecule has 0 saturated heterocycles. The molecule has 0 spiro atoms. The maximum atomic E-state index is 11.0. The molecule has 2 nitrogen and oxygen atoms in total. The van der Waals surface area contributed by atoms with Crippen LogP contribution in [0.4, 0.5) is 4.79 Å². The molecule has 0 unspecified atom stereocenters. The Balaban J connectivity index is 3.05. The van der Waals surface area contributed by atoms with Gasteiger partial charge in [-0.25, -0.2) is 0 Å². The molecule has 0 bridgehead atoms. The molecule has 1 amide bonds. The maximum Gasteiger partial charge on any atom is 0.287 e. The SMILES string of the molecule is Cc1ccc(C(C)C)cc1C(C)(C)CNC(=O)Br. The molecule has 3 heteroatoms. The highest BCUT2D eigenvalue weighted by Crippen LogP contribution is 2.29. The number of carbonyl (C=O) groups excluding carboxylic acids is 1. The van der Waals surface area contributed by atoms with Crippen LogP contribution in [-0.4, -0.2) is 11.4 Å². The quantitative estimate of drug-likeness (QED) is 0.643. The highest BCUT2D eigenvalue weighted by atomic mass is 79.9. The predicted octanol–water partition coefficient (Wildman–Crippen LogP) is 4.50. The second kappa shape index (κ2) is 5.87. The van der Waals surface area contributed by atoms with E-state index in [9.17, 15) is 4.79 Å². The van der Waals surface area contributed by atoms with Crippen molar-refractivity contribution in [3.8, 4) is 0 Å². The molecular formula is C15H22BrNO. The van der Waals surface area contributed by atoms with Gasteiger partial charge in [0.05, 0.1) is 0 Å². The van der Waals surface area contributed by atoms with Gasteiger partial charge >= 0.3 is 0 Å². The van der Waals surface area contributed by atoms with E-state index >= 15 is 0 Å². The van der Waals surface area contributed by atoms with E-state index < -0.39 is 0 Å². The van der Waals surface area contributed by atoms with Gasteiger partial charge in [0, 0.05) is 27.9 Å². The lowest BCUT2D eigenvalue weighted by Gasteiger charge is -2.28. The molecule has 0 aliphatic rings. The molecule has 1 aromatic carbocycles. The number of hydrogen-bond donors (Lipinski definition) is 1. The lowest BCUT2D eigenvalue weighted by atomic mass is 9.80. The molecule has 1 aromatic rings. The number of carbonyl (C=O) groups is 1. The van der Waals surface area contributed by atoms with Gasteiger partial charge < -0.3 is 5.32 Å². The van der Waals surface area contributed by atoms with Gasteiger partial charge in [0.15, 0.2) is 0 Å². The minimum absolute atomic E-state index is 0.0710. The number of aryl methyl sites for hydroxylation is 1. The fraction of sp³-hybridized carbons (Fsp3) is 0.533. The van der Waals surface area contributed by atoms with Crippen molar-refractivity contribution in [1.82, 2.24) is 5.32 Å². The average Bonchev–Trinajstić information content (AvgIpc) is 2.26. The van der Waals surface area contributed by atoms with Crippen LogP contribution in [0.2, 0.25) is 0 Å². The molecule has 0 saturated carbocycles. The number of benzene rings is 1. The van der Waals surface area contributed by atoms with E-state index in [0.29, 0.717) is 12.5 Å². The second-order valence-corrected chi connectivity index (χ2v) is 6.46. The summed E-state index contributed by atoms with van der Waals surface area (Å²) in [5, 5.41) is 2.84. The highest BCUT2D eigenvalue weighted by molar-refractivity contribution is 9.18. The molecule has 100 valence electrons. The van der Waals surface area contributed by atoms with Gasteiger partial charge in [-0.2, -0.15) is 0 Å². The third-order valence-corrected chi connectivity index (χ3v) is 3.61. The normalized spacial score (nSPS) is 11.7. The van der Waals surface area contributed by atoms with Crippen LogP contribution in [0, 0.1) is 6.92 Å². The topological polar surface area (TPSA) is 29.1 Å². The van der Waals surface area contributed by atoms with Gasteiger partial charge in [-0.1, -0.05) is 45.9 Å². The Kier molecular flexibility index (Phi) is 4.97. The zero-order chi connectivity index (χ0) is 13.9. The third kappa shape index (κ3) is 3.84. The number of rotatable bonds is 4. The summed E-state index contributed by atoms with van der Waals surface area (Å²) in [6.45, 7) is 11.4. The van der Waals surface area contributed by atoms with Crippen LogP contribution < -0.4 is 5.32 Å². The summed E-state index contributed by atoms with van der Waals surface area (Å²) in [6.07, 6.45) is 0. The summed E-state index contributed by atoms with van der Waals surface area (Å²) >= 11 is 2.91. The van der Waals surface area contributed by atoms with Gasteiger partial charge in [0.25, 0.3) is 4.82 Å². The lowest BCUT2D eigenvalue weighted by molar-refractivity contribution is 0.259. The van der Waals surface area contributed by atoms with E-state index in [1.807, 2.05) is 0 Å². The standard InChI is InChI=1S/C15H22BrNO/c1-10(2)12-7-6-11(3)13(8-12)15(4,5)9-17-14(16)18/h6-8,10H,9H2,1-5H3,(H,17,18). The van der Waals surface area contributed by atoms with Crippen LogP contribution in [0.15, 0.2) is 18.2 Å². The van der Waals surface area contributed by atoms with E-state index in [2.05, 4.69) is 74.1 Å². The fourth-order valence-electron chi connectivity index (χ4n) is 2.11. The van der Waals surface area contributed by atoms with Crippen molar-refractivity contribution in [3.63, 3.8) is 0 Å². The van der Waals surface area contributed by atoms with Crippen LogP contribution in [0.25, 0.3) is 0 Å². The first-order valence-corrected chi connectivity index (χ1v) is 7.07. The third-order valence-electron chi connectivity index (χ3n) is 3.33. The molecule has 18 heavy (non-hydrogen) atoms. The Bertz CT molecular complexity index is 438. The zero-order valence-corrected chi connectivity index (χ0v) is 13.4. The van der Waals surface area contributed by atoms with Crippen molar-refractivity contribution < 1.29 is 4.79 Å². The Labute approximate surface area is 118 Å². The Morgan fingerprint density at radius 1 is 1.39 bits per heavy atom. The summed E-state index contributed by atoms with van der Waals surface area (Å²) in [5.41, 5.74) is 3.84. The van der Waals surface area contributed by atoms with Crippen LogP contribution in [0.1, 0.15) is 50.3 Å². The number of hydrogen-bond acceptors (Lipinski definition) is 1. The molecular weight excluding hydrogens is 290 g/mol. The minimum Gasteiger partial charge on any atom is -0.346 e. The second-order valence-electron chi connectivity index (χ2n) is 5.74. The van der Waals surface area contributed by atoms with Gasteiger partial charge in [-0.15, -0.1) is 0 Å². The Morgan fingerprint density at radius 3 is 2.50 bits per heavy atom. The molecule has 0 aliphatic carbocycles. The first-order chi connectivity index (χ1) is 8.24. The van der Waals surface area contributed by atoms with E-state index in [0.717, 1.165) is 0 Å². The number of nitrogens with one attached hydrogen (secondary N) is 1. The summed E-state index contributed by atoms with van der Waals surface area (Å²) < 4.78 is 0. The molecule has 1 rings (SSSR count). The molecule has 0 heterocycles. The van der Waals surface area contributed by atoms with Crippen molar-refractivity contribution >= 4 is 20.7 Å². The van der Waals surface area contributed by atoms with Crippen molar-refractivity contribution in [2.45, 2.75) is 46.0 Å². The molecule has 0 aromatic heterocycles. The van der Waals surface area contributed by atoms with Gasteiger partial charge in [0.2, 0.25) is 0 Å². The molecule has 1 N–H and O–H groups in total. The van der Waals surface area contributed by atoms with Crippen molar-refractivity contribution in [2.24, 2.45) is 0 Å². The molecule has 0 radical (unpaired) electrons. The number of amides is 1. The van der Waals surface area contributed by atoms with Crippen LogP contribution in [-0.2, 0) is 5.41 Å². The summed E-state index contributed by atoms with van der Waals surface area (Å²) in [5.74, 6) is 0.519. The van der Waals surface area contributed by atoms with E-state index in [-0.39, 0.29) is 10.2 Å². The highest BCUT2D eigenvalue weighted by Gasteiger charge is 2.23. The van der Waals surface area contributed by atoms with Crippen molar-refractivity contribution in [3.05, 3.63) is 34.9 Å². The first-order valence-electron chi connectivity index (χ1n) is 6.28. The number of halogens is 1. The van der Waals surface area contributed by atoms with Crippen molar-refractivity contribution in [1.29, 1.82) is 0 Å². The predicted molar refractivity (Wildman–Crippen MR) is 80.6 cm³/mol. The minimum atomic E-state index is -0.159. The smallest absolute Gasteiger partial charge is 0.287 e. The fourth-order valence-corrected chi connectivity index (χ4v) is 2.25. The molecule has 0 aliphatic heterocycles. The first kappa shape index (κ1) is 15.2. The van der Waals surface area contributed by atoms with E-state index in [1.54, 1.807) is 0 Å². The largest absolute Gasteiger partial charge is 0.346 e. The Hall–Kier alpha value is -0.830. The van der Waals surface area contributed by atoms with Crippen LogP contribution >= 0.6 is 15.9 Å². The Morgan fingerprint density at radius 2 is 2.00 bits per heavy atom.